The molecule has 4 aliphatic rings. The minimum Gasteiger partial charge on any atom is -0.283 e. The van der Waals surface area contributed by atoms with Gasteiger partial charge in [-0.2, -0.15) is 0 Å². The molecule has 0 N–H and O–H groups in total. The van der Waals surface area contributed by atoms with Crippen molar-refractivity contribution >= 4 is 27.7 Å². The Balaban J connectivity index is 1.23. The van der Waals surface area contributed by atoms with Gasteiger partial charge >= 0.3 is 0 Å². The van der Waals surface area contributed by atoms with Crippen LogP contribution in [0.3, 0.4) is 0 Å². The Hall–Kier alpha value is -0.900. The highest BCUT2D eigenvalue weighted by molar-refractivity contribution is 7.83. The lowest BCUT2D eigenvalue weighted by molar-refractivity contribution is -0.0554. The fraction of sp³-hybridized carbons (Fsp3) is 0.714. The van der Waals surface area contributed by atoms with Gasteiger partial charge in [-0.05, 0) is 103 Å². The zero-order chi connectivity index (χ0) is 27.8. The molecule has 0 aromatic heterocycles. The van der Waals surface area contributed by atoms with Crippen molar-refractivity contribution in [3.05, 3.63) is 53.0 Å². The van der Waals surface area contributed by atoms with Crippen LogP contribution < -0.4 is 0 Å². The summed E-state index contributed by atoms with van der Waals surface area (Å²) in [5.74, 6) is 5.11. The van der Waals surface area contributed by atoms with Gasteiger partial charge in [0.25, 0.3) is 0 Å². The lowest BCUT2D eigenvalue weighted by Gasteiger charge is -2.58. The van der Waals surface area contributed by atoms with Crippen LogP contribution in [-0.2, 0) is 15.3 Å². The van der Waals surface area contributed by atoms with Crippen molar-refractivity contribution in [3.63, 3.8) is 0 Å². The van der Waals surface area contributed by atoms with E-state index in [0.717, 1.165) is 60.3 Å². The third-order valence-electron chi connectivity index (χ3n) is 11.7. The van der Waals surface area contributed by atoms with E-state index in [1.54, 1.807) is 11.0 Å². The molecular formula is C35H51ClO2S. The average Bonchev–Trinajstić information content (AvgIpc) is 3.26. The average molecular weight is 571 g/mol. The predicted molar refractivity (Wildman–Crippen MR) is 166 cm³/mol. The van der Waals surface area contributed by atoms with Crippen LogP contribution in [-0.4, -0.2) is 10.3 Å². The molecule has 4 heteroatoms. The molecule has 0 amide bonds. The third-order valence-corrected chi connectivity index (χ3v) is 13.1. The van der Waals surface area contributed by atoms with Gasteiger partial charge in [0, 0.05) is 5.41 Å². The fourth-order valence-corrected chi connectivity index (χ4v) is 10.8. The van der Waals surface area contributed by atoms with Crippen LogP contribution >= 0.6 is 11.6 Å². The van der Waals surface area contributed by atoms with Crippen molar-refractivity contribution < 1.29 is 8.39 Å². The predicted octanol–water partition coefficient (Wildman–Crippen LogP) is 10.3. The van der Waals surface area contributed by atoms with E-state index in [4.69, 9.17) is 15.8 Å². The molecule has 0 radical (unpaired) electrons. The molecule has 1 unspecified atom stereocenters. The Bertz CT molecular complexity index is 1080. The Kier molecular flexibility index (Phi) is 9.21. The molecule has 0 aliphatic heterocycles. The largest absolute Gasteiger partial charge is 0.283 e. The Labute approximate surface area is 246 Å². The summed E-state index contributed by atoms with van der Waals surface area (Å²) in [6, 6.07) is 9.69. The van der Waals surface area contributed by atoms with Gasteiger partial charge < -0.3 is 0 Å². The Morgan fingerprint density at radius 1 is 1.05 bits per heavy atom. The van der Waals surface area contributed by atoms with Gasteiger partial charge in [0.2, 0.25) is 0 Å². The summed E-state index contributed by atoms with van der Waals surface area (Å²) in [6.07, 6.45) is 16.8. The van der Waals surface area contributed by atoms with Gasteiger partial charge in [0.05, 0.1) is 11.1 Å². The molecule has 0 spiro atoms. The lowest BCUT2D eigenvalue weighted by atomic mass is 9.47. The highest BCUT2D eigenvalue weighted by Crippen LogP contribution is 2.67. The van der Waals surface area contributed by atoms with Crippen LogP contribution in [0, 0.1) is 46.3 Å². The van der Waals surface area contributed by atoms with Crippen molar-refractivity contribution in [2.24, 2.45) is 46.3 Å². The molecule has 9 atom stereocenters. The summed E-state index contributed by atoms with van der Waals surface area (Å²) in [5.41, 5.74) is 3.26. The maximum Gasteiger partial charge on any atom is 0.183 e. The number of fused-ring (bicyclic) bond motifs is 5. The third kappa shape index (κ3) is 6.02. The molecule has 1 aromatic carbocycles. The van der Waals surface area contributed by atoms with Gasteiger partial charge in [-0.3, -0.25) is 4.18 Å². The molecule has 2 nitrogen and oxygen atoms in total. The van der Waals surface area contributed by atoms with E-state index < -0.39 is 11.1 Å². The number of benzene rings is 1. The second kappa shape index (κ2) is 12.1. The molecule has 0 bridgehead atoms. The van der Waals surface area contributed by atoms with Crippen LogP contribution in [0.25, 0.3) is 5.03 Å². The molecule has 4 aliphatic carbocycles. The van der Waals surface area contributed by atoms with E-state index in [0.29, 0.717) is 10.4 Å². The van der Waals surface area contributed by atoms with E-state index in [1.807, 2.05) is 30.3 Å². The van der Waals surface area contributed by atoms with Crippen LogP contribution in [0.5, 0.6) is 0 Å². The van der Waals surface area contributed by atoms with Crippen LogP contribution in [0.15, 0.2) is 47.4 Å². The molecule has 1 aromatic rings. The highest BCUT2D eigenvalue weighted by atomic mass is 35.5. The molecule has 3 saturated carbocycles. The van der Waals surface area contributed by atoms with E-state index in [1.165, 1.54) is 51.4 Å². The summed E-state index contributed by atoms with van der Waals surface area (Å²) >= 11 is 4.90. The van der Waals surface area contributed by atoms with E-state index in [-0.39, 0.29) is 11.5 Å². The van der Waals surface area contributed by atoms with Gasteiger partial charge in [0.15, 0.2) is 11.1 Å². The van der Waals surface area contributed by atoms with Crippen LogP contribution in [0.2, 0.25) is 0 Å². The number of allylic oxidation sites excluding steroid dienone is 1. The van der Waals surface area contributed by atoms with E-state index in [2.05, 4.69) is 40.7 Å². The van der Waals surface area contributed by atoms with Gasteiger partial charge in [-0.25, -0.2) is 4.21 Å². The first kappa shape index (κ1) is 29.6. The summed E-state index contributed by atoms with van der Waals surface area (Å²) < 4.78 is 18.9. The SMILES string of the molecule is CC(C)CCC[C@@H](C)[C@H]1CC[C@H]2[C@@H]3CC=C4C[C@@H](OS(=O)/C=C(\Cl)c5ccccc5)CC[C@]4(C)[C@H]3CC[C@]12C. The lowest BCUT2D eigenvalue weighted by Crippen LogP contribution is -2.51. The second-order valence-electron chi connectivity index (χ2n) is 14.3. The zero-order valence-corrected chi connectivity index (χ0v) is 26.5. The van der Waals surface area contributed by atoms with Gasteiger partial charge in [-0.15, -0.1) is 0 Å². The number of hydrogen-bond donors (Lipinski definition) is 0. The highest BCUT2D eigenvalue weighted by Gasteiger charge is 2.59. The van der Waals surface area contributed by atoms with Gasteiger partial charge in [-0.1, -0.05) is 107 Å². The maximum absolute atomic E-state index is 12.8. The quantitative estimate of drug-likeness (QED) is 0.276. The smallest absolute Gasteiger partial charge is 0.183 e. The zero-order valence-electron chi connectivity index (χ0n) is 25.0. The Morgan fingerprint density at radius 2 is 1.82 bits per heavy atom. The first-order chi connectivity index (χ1) is 18.6. The molecule has 5 rings (SSSR count). The molecule has 3 fully saturated rings. The maximum atomic E-state index is 12.8. The molecule has 0 heterocycles. The fourth-order valence-electron chi connectivity index (χ4n) is 9.65. The van der Waals surface area contributed by atoms with Crippen molar-refractivity contribution in [2.45, 2.75) is 111 Å². The number of rotatable bonds is 9. The standard InChI is InChI=1S/C35H51ClO2S/c1-24(2)10-9-11-25(3)30-16-17-31-29-15-14-27-22-28(18-20-34(27,4)32(29)19-21-35(30,31)5)38-39(37)23-33(36)26-12-7-6-8-13-26/h6-8,12-14,23-25,28-32H,9-11,15-22H2,1-5H3/b33-23-/t25-,28+,29+,30-,31+,32+,34+,35-,39?/m1/s1. The summed E-state index contributed by atoms with van der Waals surface area (Å²) in [6.45, 7) is 12.5. The number of hydrogen-bond acceptors (Lipinski definition) is 2. The van der Waals surface area contributed by atoms with E-state index in [9.17, 15) is 4.21 Å². The minimum atomic E-state index is -1.53. The topological polar surface area (TPSA) is 26.3 Å². The first-order valence-electron chi connectivity index (χ1n) is 15.8. The monoisotopic (exact) mass is 570 g/mol. The minimum absolute atomic E-state index is 0.00889. The van der Waals surface area contributed by atoms with E-state index >= 15 is 0 Å². The van der Waals surface area contributed by atoms with Crippen molar-refractivity contribution in [1.82, 2.24) is 0 Å². The number of halogens is 1. The summed E-state index contributed by atoms with van der Waals surface area (Å²) in [4.78, 5) is 0. The van der Waals surface area contributed by atoms with Crippen LogP contribution in [0.4, 0.5) is 0 Å². The van der Waals surface area contributed by atoms with Gasteiger partial charge in [0.1, 0.15) is 0 Å². The summed E-state index contributed by atoms with van der Waals surface area (Å²) in [7, 11) is 0. The van der Waals surface area contributed by atoms with Crippen molar-refractivity contribution in [3.8, 4) is 0 Å². The normalized spacial score (nSPS) is 38.0. The Morgan fingerprint density at radius 3 is 2.56 bits per heavy atom. The van der Waals surface area contributed by atoms with Crippen molar-refractivity contribution in [2.75, 3.05) is 0 Å². The molecule has 39 heavy (non-hydrogen) atoms. The molecule has 0 saturated heterocycles. The molecule has 216 valence electrons. The van der Waals surface area contributed by atoms with Crippen molar-refractivity contribution in [1.29, 1.82) is 0 Å². The van der Waals surface area contributed by atoms with Crippen LogP contribution in [0.1, 0.15) is 111 Å². The summed E-state index contributed by atoms with van der Waals surface area (Å²) in [5, 5.41) is 2.04. The molecular weight excluding hydrogens is 520 g/mol. The second-order valence-corrected chi connectivity index (χ2v) is 15.7. The first-order valence-corrected chi connectivity index (χ1v) is 17.3.